The third-order valence-corrected chi connectivity index (χ3v) is 4.26. The summed E-state index contributed by atoms with van der Waals surface area (Å²) in [6.07, 6.45) is 0. The molecule has 2 rings (SSSR count). The van der Waals surface area contributed by atoms with Crippen LogP contribution in [0.5, 0.6) is 0 Å². The van der Waals surface area contributed by atoms with Gasteiger partial charge in [-0.3, -0.25) is 4.79 Å². The van der Waals surface area contributed by atoms with Gasteiger partial charge in [-0.15, -0.1) is 0 Å². The van der Waals surface area contributed by atoms with Gasteiger partial charge in [0.05, 0.1) is 4.90 Å². The highest BCUT2D eigenvalue weighted by molar-refractivity contribution is 7.97. The maximum atomic E-state index is 13.5. The predicted octanol–water partition coefficient (Wildman–Crippen LogP) is 3.66. The number of halogens is 1. The summed E-state index contributed by atoms with van der Waals surface area (Å²) in [6, 6.07) is 6.79. The van der Waals surface area contributed by atoms with Crippen molar-refractivity contribution < 1.29 is 9.18 Å². The Hall–Kier alpha value is -1.07. The minimum absolute atomic E-state index is 0.0470. The van der Waals surface area contributed by atoms with Crippen LogP contribution in [-0.2, 0) is 4.79 Å². The Morgan fingerprint density at radius 3 is 2.24 bits per heavy atom. The molecule has 0 aromatic heterocycles. The lowest BCUT2D eigenvalue weighted by Crippen LogP contribution is -2.47. The predicted molar refractivity (Wildman–Crippen MR) is 86.6 cm³/mol. The number of nitrogens with zero attached hydrogens (tertiary/aromatic N) is 2. The first-order valence-corrected chi connectivity index (χ1v) is 8.31. The third-order valence-electron chi connectivity index (χ3n) is 3.11. The van der Waals surface area contributed by atoms with Crippen LogP contribution in [0.25, 0.3) is 0 Å². The van der Waals surface area contributed by atoms with E-state index in [-0.39, 0.29) is 17.6 Å². The summed E-state index contributed by atoms with van der Waals surface area (Å²) < 4.78 is 15.7. The van der Waals surface area contributed by atoms with E-state index in [4.69, 9.17) is 0 Å². The molecule has 0 aliphatic carbocycles. The van der Waals surface area contributed by atoms with Gasteiger partial charge < -0.3 is 4.90 Å². The van der Waals surface area contributed by atoms with Crippen molar-refractivity contribution in [2.24, 2.45) is 5.92 Å². The number of hydrogen-bond acceptors (Lipinski definition) is 3. The van der Waals surface area contributed by atoms with Gasteiger partial charge in [-0.25, -0.2) is 8.70 Å². The summed E-state index contributed by atoms with van der Waals surface area (Å²) in [5, 5.41) is 0. The number of amides is 1. The Bertz CT molecular complexity index is 446. The van der Waals surface area contributed by atoms with E-state index in [1.807, 2.05) is 38.7 Å². The lowest BCUT2D eigenvalue weighted by molar-refractivity contribution is -0.135. The first-order valence-electron chi connectivity index (χ1n) is 7.54. The summed E-state index contributed by atoms with van der Waals surface area (Å²) >= 11 is 1.43. The molecule has 1 aromatic rings. The van der Waals surface area contributed by atoms with Gasteiger partial charge in [0, 0.05) is 32.1 Å². The van der Waals surface area contributed by atoms with Crippen LogP contribution in [0.2, 0.25) is 0 Å². The molecule has 0 atom stereocenters. The van der Waals surface area contributed by atoms with E-state index in [1.165, 1.54) is 18.0 Å². The topological polar surface area (TPSA) is 23.6 Å². The first-order chi connectivity index (χ1) is 10.1. The van der Waals surface area contributed by atoms with Crippen molar-refractivity contribution in [2.75, 3.05) is 26.2 Å². The number of benzene rings is 1. The van der Waals surface area contributed by atoms with Gasteiger partial charge >= 0.3 is 0 Å². The molecule has 1 aromatic carbocycles. The fourth-order valence-electron chi connectivity index (χ4n) is 2.02. The van der Waals surface area contributed by atoms with Crippen LogP contribution in [0.4, 0.5) is 4.39 Å². The molecule has 5 heteroatoms. The van der Waals surface area contributed by atoms with Crippen molar-refractivity contribution in [1.29, 1.82) is 0 Å². The lowest BCUT2D eigenvalue weighted by Gasteiger charge is -2.34. The van der Waals surface area contributed by atoms with Crippen molar-refractivity contribution in [2.45, 2.75) is 32.6 Å². The Morgan fingerprint density at radius 1 is 1.14 bits per heavy atom. The third kappa shape index (κ3) is 5.32. The summed E-state index contributed by atoms with van der Waals surface area (Å²) in [5.74, 6) is 0.0644. The smallest absolute Gasteiger partial charge is 0.225 e. The second-order valence-corrected chi connectivity index (χ2v) is 6.07. The maximum absolute atomic E-state index is 13.5. The van der Waals surface area contributed by atoms with E-state index in [0.29, 0.717) is 4.90 Å². The van der Waals surface area contributed by atoms with E-state index < -0.39 is 0 Å². The van der Waals surface area contributed by atoms with E-state index in [1.54, 1.807) is 12.1 Å². The van der Waals surface area contributed by atoms with Crippen molar-refractivity contribution in [3.05, 3.63) is 30.1 Å². The van der Waals surface area contributed by atoms with Crippen LogP contribution in [0.15, 0.2) is 29.2 Å². The average Bonchev–Trinajstić information content (AvgIpc) is 2.51. The van der Waals surface area contributed by atoms with Gasteiger partial charge in [-0.05, 0) is 24.1 Å². The largest absolute Gasteiger partial charge is 0.340 e. The fraction of sp³-hybridized carbons (Fsp3) is 0.562. The van der Waals surface area contributed by atoms with Gasteiger partial charge in [0.2, 0.25) is 5.91 Å². The van der Waals surface area contributed by atoms with E-state index in [9.17, 15) is 9.18 Å². The molecule has 118 valence electrons. The maximum Gasteiger partial charge on any atom is 0.225 e. The van der Waals surface area contributed by atoms with Crippen LogP contribution in [0.3, 0.4) is 0 Å². The van der Waals surface area contributed by atoms with Crippen molar-refractivity contribution in [3.63, 3.8) is 0 Å². The summed E-state index contributed by atoms with van der Waals surface area (Å²) in [5.41, 5.74) is 0. The van der Waals surface area contributed by atoms with Crippen LogP contribution < -0.4 is 0 Å². The van der Waals surface area contributed by atoms with E-state index in [0.717, 1.165) is 26.2 Å². The molecule has 1 aliphatic rings. The normalized spacial score (nSPS) is 15.6. The monoisotopic (exact) mass is 312 g/mol. The number of carbonyl (C=O) groups is 1. The quantitative estimate of drug-likeness (QED) is 0.796. The molecule has 0 spiro atoms. The zero-order valence-electron chi connectivity index (χ0n) is 13.3. The van der Waals surface area contributed by atoms with Crippen molar-refractivity contribution in [3.8, 4) is 0 Å². The molecule has 21 heavy (non-hydrogen) atoms. The van der Waals surface area contributed by atoms with Gasteiger partial charge in [0.1, 0.15) is 5.82 Å². The zero-order chi connectivity index (χ0) is 15.8. The standard InChI is InChI=1S/C14H19FN2OS.C2H6/c1-11(2)14(18)16-7-9-17(10-8-16)19-13-6-4-3-5-12(13)15;1-2/h3-6,11H,7-10H2,1-2H3;1-2H3. The summed E-state index contributed by atoms with van der Waals surface area (Å²) in [6.45, 7) is 10.8. The lowest BCUT2D eigenvalue weighted by atomic mass is 10.2. The van der Waals surface area contributed by atoms with Crippen molar-refractivity contribution >= 4 is 17.9 Å². The summed E-state index contributed by atoms with van der Waals surface area (Å²) in [4.78, 5) is 14.4. The molecular formula is C16H25FN2OS. The van der Waals surface area contributed by atoms with Gasteiger partial charge in [-0.2, -0.15) is 0 Å². The fourth-order valence-corrected chi connectivity index (χ4v) is 2.94. The highest BCUT2D eigenvalue weighted by Crippen LogP contribution is 2.26. The summed E-state index contributed by atoms with van der Waals surface area (Å²) in [7, 11) is 0. The Kier molecular flexibility index (Phi) is 7.75. The molecule has 3 nitrogen and oxygen atoms in total. The SMILES string of the molecule is CC.CC(C)C(=O)N1CCN(Sc2ccccc2F)CC1. The van der Waals surface area contributed by atoms with Gasteiger partial charge in [0.15, 0.2) is 0 Å². The van der Waals surface area contributed by atoms with E-state index >= 15 is 0 Å². The molecule has 0 saturated carbocycles. The molecule has 1 heterocycles. The molecule has 0 radical (unpaired) electrons. The number of piperazine rings is 1. The molecule has 0 unspecified atom stereocenters. The molecule has 0 bridgehead atoms. The Labute approximate surface area is 131 Å². The first kappa shape index (κ1) is 18.0. The average molecular weight is 312 g/mol. The van der Waals surface area contributed by atoms with Gasteiger partial charge in [-0.1, -0.05) is 39.8 Å². The molecule has 1 amide bonds. The highest BCUT2D eigenvalue weighted by atomic mass is 32.2. The molecule has 1 saturated heterocycles. The Balaban J connectivity index is 0.00000106. The van der Waals surface area contributed by atoms with Crippen molar-refractivity contribution in [1.82, 2.24) is 9.21 Å². The molecule has 1 aliphatic heterocycles. The second kappa shape index (κ2) is 9.05. The second-order valence-electron chi connectivity index (χ2n) is 4.93. The van der Waals surface area contributed by atoms with Crippen LogP contribution >= 0.6 is 11.9 Å². The Morgan fingerprint density at radius 2 is 1.71 bits per heavy atom. The van der Waals surface area contributed by atoms with E-state index in [2.05, 4.69) is 4.31 Å². The minimum Gasteiger partial charge on any atom is -0.340 e. The minimum atomic E-state index is -0.187. The number of carbonyl (C=O) groups excluding carboxylic acids is 1. The molecule has 1 fully saturated rings. The highest BCUT2D eigenvalue weighted by Gasteiger charge is 2.23. The number of rotatable bonds is 3. The van der Waals surface area contributed by atoms with Crippen LogP contribution in [-0.4, -0.2) is 41.3 Å². The van der Waals surface area contributed by atoms with Crippen LogP contribution in [0, 0.1) is 11.7 Å². The van der Waals surface area contributed by atoms with Gasteiger partial charge in [0.25, 0.3) is 0 Å². The zero-order valence-corrected chi connectivity index (χ0v) is 14.1. The molecule has 0 N–H and O–H groups in total. The molecular weight excluding hydrogens is 287 g/mol. The number of hydrogen-bond donors (Lipinski definition) is 0. The van der Waals surface area contributed by atoms with Crippen LogP contribution in [0.1, 0.15) is 27.7 Å².